The first-order chi connectivity index (χ1) is 12.5. The molecular formula is C20H20FN3OS. The highest BCUT2D eigenvalue weighted by Gasteiger charge is 2.18. The standard InChI is InChI=1S/C20H20FN3OS/c1-13(5-6-15-7-9-17(21)10-8-15)23-19(25)18-14(2)24-20(26-18)16-4-3-11-22-12-16/h3-4,7-13H,5-6H2,1-2H3,(H,23,25)/t13-/m0/s1. The number of aromatic nitrogens is 2. The maximum Gasteiger partial charge on any atom is 0.263 e. The highest BCUT2D eigenvalue weighted by Crippen LogP contribution is 2.27. The number of halogens is 1. The van der Waals surface area contributed by atoms with E-state index in [1.165, 1.54) is 23.5 Å². The molecule has 1 aromatic carbocycles. The van der Waals surface area contributed by atoms with Gasteiger partial charge < -0.3 is 5.32 Å². The molecule has 3 rings (SSSR count). The first kappa shape index (κ1) is 18.2. The van der Waals surface area contributed by atoms with E-state index >= 15 is 0 Å². The zero-order valence-corrected chi connectivity index (χ0v) is 15.5. The minimum Gasteiger partial charge on any atom is -0.349 e. The first-order valence-electron chi connectivity index (χ1n) is 8.46. The van der Waals surface area contributed by atoms with Crippen molar-refractivity contribution in [2.75, 3.05) is 0 Å². The van der Waals surface area contributed by atoms with E-state index in [2.05, 4.69) is 15.3 Å². The fourth-order valence-corrected chi connectivity index (χ4v) is 3.58. The van der Waals surface area contributed by atoms with Crippen LogP contribution in [0, 0.1) is 12.7 Å². The van der Waals surface area contributed by atoms with E-state index < -0.39 is 0 Å². The number of hydrogen-bond donors (Lipinski definition) is 1. The van der Waals surface area contributed by atoms with Crippen molar-refractivity contribution in [3.05, 3.63) is 70.7 Å². The molecule has 0 aliphatic heterocycles. The zero-order valence-electron chi connectivity index (χ0n) is 14.7. The fourth-order valence-electron chi connectivity index (χ4n) is 2.62. The number of carbonyl (C=O) groups excluding carboxylic acids is 1. The van der Waals surface area contributed by atoms with Gasteiger partial charge in [-0.05, 0) is 56.5 Å². The van der Waals surface area contributed by atoms with Gasteiger partial charge in [-0.15, -0.1) is 11.3 Å². The van der Waals surface area contributed by atoms with Crippen LogP contribution in [0.1, 0.15) is 34.3 Å². The molecule has 1 N–H and O–H groups in total. The summed E-state index contributed by atoms with van der Waals surface area (Å²) in [6.45, 7) is 3.81. The Morgan fingerprint density at radius 3 is 2.73 bits per heavy atom. The number of rotatable bonds is 6. The van der Waals surface area contributed by atoms with E-state index in [9.17, 15) is 9.18 Å². The van der Waals surface area contributed by atoms with E-state index in [1.54, 1.807) is 24.5 Å². The molecule has 0 unspecified atom stereocenters. The number of benzene rings is 1. The van der Waals surface area contributed by atoms with Crippen molar-refractivity contribution < 1.29 is 9.18 Å². The van der Waals surface area contributed by atoms with Gasteiger partial charge in [0.1, 0.15) is 15.7 Å². The average molecular weight is 369 g/mol. The molecule has 0 saturated heterocycles. The fraction of sp³-hybridized carbons (Fsp3) is 0.250. The molecule has 4 nitrogen and oxygen atoms in total. The Morgan fingerprint density at radius 1 is 1.27 bits per heavy atom. The number of nitrogens with one attached hydrogen (secondary N) is 1. The Hall–Kier alpha value is -2.60. The maximum absolute atomic E-state index is 12.9. The molecule has 0 aliphatic carbocycles. The second-order valence-corrected chi connectivity index (χ2v) is 7.21. The van der Waals surface area contributed by atoms with Crippen LogP contribution in [0.2, 0.25) is 0 Å². The SMILES string of the molecule is Cc1nc(-c2cccnc2)sc1C(=O)N[C@@H](C)CCc1ccc(F)cc1. The molecule has 2 aromatic heterocycles. The Kier molecular flexibility index (Phi) is 5.73. The quantitative estimate of drug-likeness (QED) is 0.700. The summed E-state index contributed by atoms with van der Waals surface area (Å²) in [5.74, 6) is -0.345. The van der Waals surface area contributed by atoms with E-state index in [1.807, 2.05) is 26.0 Å². The molecule has 0 fully saturated rings. The van der Waals surface area contributed by atoms with Crippen molar-refractivity contribution in [2.45, 2.75) is 32.7 Å². The van der Waals surface area contributed by atoms with E-state index in [0.717, 1.165) is 34.7 Å². The molecular weight excluding hydrogens is 349 g/mol. The van der Waals surface area contributed by atoms with Gasteiger partial charge in [0.2, 0.25) is 0 Å². The molecule has 26 heavy (non-hydrogen) atoms. The molecule has 0 saturated carbocycles. The summed E-state index contributed by atoms with van der Waals surface area (Å²) in [5, 5.41) is 3.82. The van der Waals surface area contributed by atoms with Crippen LogP contribution in [-0.4, -0.2) is 21.9 Å². The lowest BCUT2D eigenvalue weighted by Gasteiger charge is -2.13. The Bertz CT molecular complexity index is 878. The summed E-state index contributed by atoms with van der Waals surface area (Å²) in [4.78, 5) is 21.8. The molecule has 0 spiro atoms. The lowest BCUT2D eigenvalue weighted by Crippen LogP contribution is -2.32. The highest BCUT2D eigenvalue weighted by molar-refractivity contribution is 7.17. The van der Waals surface area contributed by atoms with Gasteiger partial charge in [-0.2, -0.15) is 0 Å². The normalized spacial score (nSPS) is 12.0. The minimum atomic E-state index is -0.236. The van der Waals surface area contributed by atoms with Gasteiger partial charge in [0.15, 0.2) is 0 Å². The second kappa shape index (κ2) is 8.19. The third-order valence-corrected chi connectivity index (χ3v) is 5.27. The number of amides is 1. The van der Waals surface area contributed by atoms with Crippen molar-refractivity contribution >= 4 is 17.2 Å². The Balaban J connectivity index is 1.60. The molecule has 0 radical (unpaired) electrons. The van der Waals surface area contributed by atoms with E-state index in [4.69, 9.17) is 0 Å². The Labute approximate surface area is 156 Å². The molecule has 0 bridgehead atoms. The summed E-state index contributed by atoms with van der Waals surface area (Å²) in [7, 11) is 0. The third-order valence-electron chi connectivity index (χ3n) is 4.07. The topological polar surface area (TPSA) is 54.9 Å². The van der Waals surface area contributed by atoms with Crippen LogP contribution in [-0.2, 0) is 6.42 Å². The van der Waals surface area contributed by atoms with Crippen molar-refractivity contribution in [1.82, 2.24) is 15.3 Å². The number of carbonyl (C=O) groups is 1. The summed E-state index contributed by atoms with van der Waals surface area (Å²) in [5.41, 5.74) is 2.68. The number of nitrogens with zero attached hydrogens (tertiary/aromatic N) is 2. The summed E-state index contributed by atoms with van der Waals surface area (Å²) < 4.78 is 12.9. The molecule has 1 atom stereocenters. The molecule has 2 heterocycles. The van der Waals surface area contributed by atoms with Crippen LogP contribution in [0.4, 0.5) is 4.39 Å². The van der Waals surface area contributed by atoms with E-state index in [0.29, 0.717) is 4.88 Å². The van der Waals surface area contributed by atoms with Crippen LogP contribution in [0.3, 0.4) is 0 Å². The van der Waals surface area contributed by atoms with Crippen LogP contribution >= 0.6 is 11.3 Å². The lowest BCUT2D eigenvalue weighted by molar-refractivity contribution is 0.0942. The van der Waals surface area contributed by atoms with E-state index in [-0.39, 0.29) is 17.8 Å². The molecule has 0 aliphatic rings. The number of hydrogen-bond acceptors (Lipinski definition) is 4. The van der Waals surface area contributed by atoms with Crippen molar-refractivity contribution in [1.29, 1.82) is 0 Å². The van der Waals surface area contributed by atoms with Crippen LogP contribution < -0.4 is 5.32 Å². The predicted molar refractivity (Wildman–Crippen MR) is 102 cm³/mol. The van der Waals surface area contributed by atoms with Gasteiger partial charge >= 0.3 is 0 Å². The Morgan fingerprint density at radius 2 is 2.04 bits per heavy atom. The molecule has 134 valence electrons. The second-order valence-electron chi connectivity index (χ2n) is 6.21. The minimum absolute atomic E-state index is 0.0101. The predicted octanol–water partition coefficient (Wildman–Crippen LogP) is 4.40. The lowest BCUT2D eigenvalue weighted by atomic mass is 10.1. The zero-order chi connectivity index (χ0) is 18.5. The van der Waals surface area contributed by atoms with Gasteiger partial charge in [-0.1, -0.05) is 12.1 Å². The van der Waals surface area contributed by atoms with Crippen molar-refractivity contribution in [2.24, 2.45) is 0 Å². The van der Waals surface area contributed by atoms with Crippen LogP contribution in [0.5, 0.6) is 0 Å². The van der Waals surface area contributed by atoms with Gasteiger partial charge in [-0.25, -0.2) is 9.37 Å². The number of thiazole rings is 1. The highest BCUT2D eigenvalue weighted by atomic mass is 32.1. The van der Waals surface area contributed by atoms with Crippen LogP contribution in [0.25, 0.3) is 10.6 Å². The summed E-state index contributed by atoms with van der Waals surface area (Å²) in [6.07, 6.45) is 5.01. The number of pyridine rings is 1. The van der Waals surface area contributed by atoms with Gasteiger partial charge in [0, 0.05) is 24.0 Å². The number of aryl methyl sites for hydroxylation is 2. The molecule has 1 amide bonds. The monoisotopic (exact) mass is 369 g/mol. The smallest absolute Gasteiger partial charge is 0.263 e. The average Bonchev–Trinajstić information content (AvgIpc) is 3.04. The summed E-state index contributed by atoms with van der Waals surface area (Å²) in [6, 6.07) is 10.3. The van der Waals surface area contributed by atoms with Crippen molar-refractivity contribution in [3.63, 3.8) is 0 Å². The first-order valence-corrected chi connectivity index (χ1v) is 9.27. The third kappa shape index (κ3) is 4.52. The van der Waals surface area contributed by atoms with Gasteiger partial charge in [0.05, 0.1) is 5.69 Å². The maximum atomic E-state index is 12.9. The van der Waals surface area contributed by atoms with Crippen molar-refractivity contribution in [3.8, 4) is 10.6 Å². The largest absolute Gasteiger partial charge is 0.349 e. The van der Waals surface area contributed by atoms with Gasteiger partial charge in [0.25, 0.3) is 5.91 Å². The summed E-state index contributed by atoms with van der Waals surface area (Å²) >= 11 is 1.37. The molecule has 6 heteroatoms. The van der Waals surface area contributed by atoms with Crippen LogP contribution in [0.15, 0.2) is 48.8 Å². The molecule has 3 aromatic rings. The van der Waals surface area contributed by atoms with Gasteiger partial charge in [-0.3, -0.25) is 9.78 Å².